The van der Waals surface area contributed by atoms with Crippen LogP contribution in [0.1, 0.15) is 20.8 Å². The Kier molecular flexibility index (Phi) is 4.67. The van der Waals surface area contributed by atoms with Gasteiger partial charge in [0, 0.05) is 35.4 Å². The Bertz CT molecular complexity index is 1030. The van der Waals surface area contributed by atoms with Crippen molar-refractivity contribution in [2.24, 2.45) is 10.3 Å². The maximum absolute atomic E-state index is 13.3. The molecule has 0 aliphatic rings. The summed E-state index contributed by atoms with van der Waals surface area (Å²) in [5.41, 5.74) is 1.62. The van der Waals surface area contributed by atoms with E-state index in [1.807, 2.05) is 44.3 Å². The lowest BCUT2D eigenvalue weighted by Crippen LogP contribution is -2.13. The molecule has 0 radical (unpaired) electrons. The summed E-state index contributed by atoms with van der Waals surface area (Å²) >= 11 is 0. The summed E-state index contributed by atoms with van der Waals surface area (Å²) < 4.78 is 19.0. The third-order valence-electron chi connectivity index (χ3n) is 3.59. The van der Waals surface area contributed by atoms with E-state index in [0.29, 0.717) is 10.6 Å². The normalized spacial score (nSPS) is 13.8. The van der Waals surface area contributed by atoms with Crippen molar-refractivity contribution in [3.05, 3.63) is 48.9 Å². The first-order valence-corrected chi connectivity index (χ1v) is 9.71. The van der Waals surface area contributed by atoms with Crippen LogP contribution in [0, 0.1) is 5.92 Å². The van der Waals surface area contributed by atoms with Crippen LogP contribution in [0.25, 0.3) is 16.6 Å². The second-order valence-electron chi connectivity index (χ2n) is 6.32. The second kappa shape index (κ2) is 6.76. The SMILES string of the molecule is CC(=O)N=S(=O)(CC(C)C)c1ccc2nn(-c3cccnc3)cc2c1. The smallest absolute Gasteiger partial charge is 0.250 e. The molecular weight excluding hydrogens is 336 g/mol. The van der Waals surface area contributed by atoms with Crippen LogP contribution in [0.5, 0.6) is 0 Å². The standard InChI is InChI=1S/C18H20N4O2S/c1-13(2)12-25(24,21-14(3)23)17-6-7-18-15(9-17)11-22(20-18)16-5-4-8-19-10-16/h4-11,13H,12H2,1-3H3. The molecule has 0 N–H and O–H groups in total. The summed E-state index contributed by atoms with van der Waals surface area (Å²) in [5, 5.41) is 5.36. The average molecular weight is 356 g/mol. The molecule has 1 aromatic carbocycles. The van der Waals surface area contributed by atoms with Gasteiger partial charge in [-0.25, -0.2) is 8.89 Å². The Balaban J connectivity index is 2.11. The predicted octanol–water partition coefficient (Wildman–Crippen LogP) is 3.45. The number of nitrogens with zero attached hydrogens (tertiary/aromatic N) is 4. The lowest BCUT2D eigenvalue weighted by atomic mass is 10.3. The third-order valence-corrected chi connectivity index (χ3v) is 6.25. The Morgan fingerprint density at radius 3 is 2.76 bits per heavy atom. The number of pyridine rings is 1. The molecule has 0 bridgehead atoms. The molecule has 1 amide bonds. The number of carbonyl (C=O) groups excluding carboxylic acids is 1. The fraction of sp³-hybridized carbons (Fsp3) is 0.278. The van der Waals surface area contributed by atoms with Gasteiger partial charge in [0.05, 0.1) is 27.1 Å². The average Bonchev–Trinajstić information content (AvgIpc) is 2.97. The Morgan fingerprint density at radius 1 is 1.32 bits per heavy atom. The molecule has 3 rings (SSSR count). The maximum atomic E-state index is 13.3. The molecule has 0 fully saturated rings. The Morgan fingerprint density at radius 2 is 2.12 bits per heavy atom. The van der Waals surface area contributed by atoms with Gasteiger partial charge in [-0.1, -0.05) is 13.8 Å². The van der Waals surface area contributed by atoms with Crippen molar-refractivity contribution in [3.8, 4) is 5.69 Å². The van der Waals surface area contributed by atoms with E-state index in [1.54, 1.807) is 23.1 Å². The molecule has 7 heteroatoms. The molecule has 0 aliphatic carbocycles. The third kappa shape index (κ3) is 3.76. The Labute approximate surface area is 147 Å². The van der Waals surface area contributed by atoms with Crippen molar-refractivity contribution in [1.82, 2.24) is 14.8 Å². The minimum absolute atomic E-state index is 0.157. The zero-order valence-electron chi connectivity index (χ0n) is 14.4. The molecule has 0 saturated heterocycles. The summed E-state index contributed by atoms with van der Waals surface area (Å²) in [6.07, 6.45) is 5.29. The van der Waals surface area contributed by atoms with Gasteiger partial charge in [0.15, 0.2) is 0 Å². The van der Waals surface area contributed by atoms with Gasteiger partial charge >= 0.3 is 0 Å². The van der Waals surface area contributed by atoms with Crippen LogP contribution in [0.4, 0.5) is 0 Å². The number of carbonyl (C=O) groups is 1. The zero-order valence-corrected chi connectivity index (χ0v) is 15.2. The number of benzene rings is 1. The lowest BCUT2D eigenvalue weighted by Gasteiger charge is -2.12. The van der Waals surface area contributed by atoms with E-state index in [1.165, 1.54) is 6.92 Å². The Hall–Kier alpha value is -2.54. The quantitative estimate of drug-likeness (QED) is 0.717. The van der Waals surface area contributed by atoms with Gasteiger partial charge < -0.3 is 0 Å². The minimum atomic E-state index is -2.79. The van der Waals surface area contributed by atoms with Gasteiger partial charge in [-0.05, 0) is 36.2 Å². The maximum Gasteiger partial charge on any atom is 0.250 e. The fourth-order valence-electron chi connectivity index (χ4n) is 2.67. The zero-order chi connectivity index (χ0) is 18.0. The topological polar surface area (TPSA) is 77.2 Å². The van der Waals surface area contributed by atoms with Gasteiger partial charge in [-0.15, -0.1) is 0 Å². The van der Waals surface area contributed by atoms with E-state index in [-0.39, 0.29) is 5.92 Å². The number of rotatable bonds is 4. The van der Waals surface area contributed by atoms with Gasteiger partial charge in [0.2, 0.25) is 0 Å². The first-order chi connectivity index (χ1) is 11.9. The van der Waals surface area contributed by atoms with Crippen molar-refractivity contribution >= 4 is 26.5 Å². The summed E-state index contributed by atoms with van der Waals surface area (Å²) in [7, 11) is -2.79. The van der Waals surface area contributed by atoms with Crippen LogP contribution in [0.2, 0.25) is 0 Å². The van der Waals surface area contributed by atoms with Crippen molar-refractivity contribution in [2.75, 3.05) is 5.75 Å². The van der Waals surface area contributed by atoms with E-state index >= 15 is 0 Å². The van der Waals surface area contributed by atoms with E-state index in [0.717, 1.165) is 16.6 Å². The van der Waals surface area contributed by atoms with Crippen LogP contribution in [0.3, 0.4) is 0 Å². The van der Waals surface area contributed by atoms with Crippen molar-refractivity contribution in [2.45, 2.75) is 25.7 Å². The molecule has 2 aromatic heterocycles. The highest BCUT2D eigenvalue weighted by Crippen LogP contribution is 2.23. The number of amides is 1. The number of hydrogen-bond acceptors (Lipinski definition) is 4. The molecule has 130 valence electrons. The molecule has 0 saturated carbocycles. The monoisotopic (exact) mass is 356 g/mol. The second-order valence-corrected chi connectivity index (χ2v) is 8.58. The summed E-state index contributed by atoms with van der Waals surface area (Å²) in [6.45, 7) is 5.27. The molecule has 6 nitrogen and oxygen atoms in total. The van der Waals surface area contributed by atoms with Crippen LogP contribution in [-0.2, 0) is 14.5 Å². The molecular formula is C18H20N4O2S. The predicted molar refractivity (Wildman–Crippen MR) is 98.1 cm³/mol. The van der Waals surface area contributed by atoms with E-state index < -0.39 is 15.6 Å². The number of aromatic nitrogens is 3. The number of hydrogen-bond donors (Lipinski definition) is 0. The highest BCUT2D eigenvalue weighted by molar-refractivity contribution is 7.94. The van der Waals surface area contributed by atoms with Gasteiger partial charge in [0.25, 0.3) is 5.91 Å². The highest BCUT2D eigenvalue weighted by Gasteiger charge is 2.17. The van der Waals surface area contributed by atoms with Crippen LogP contribution < -0.4 is 0 Å². The first-order valence-electron chi connectivity index (χ1n) is 8.03. The summed E-state index contributed by atoms with van der Waals surface area (Å²) in [5.74, 6) is 0.0793. The molecule has 2 heterocycles. The van der Waals surface area contributed by atoms with Gasteiger partial charge in [-0.3, -0.25) is 9.78 Å². The minimum Gasteiger partial charge on any atom is -0.272 e. The van der Waals surface area contributed by atoms with E-state index in [9.17, 15) is 9.00 Å². The van der Waals surface area contributed by atoms with Crippen molar-refractivity contribution in [3.63, 3.8) is 0 Å². The van der Waals surface area contributed by atoms with Crippen LogP contribution in [0.15, 0.2) is 58.2 Å². The molecule has 3 aromatic rings. The van der Waals surface area contributed by atoms with E-state index in [2.05, 4.69) is 14.4 Å². The number of fused-ring (bicyclic) bond motifs is 1. The molecule has 1 unspecified atom stereocenters. The van der Waals surface area contributed by atoms with Crippen LogP contribution in [-0.4, -0.2) is 30.6 Å². The first kappa shape index (κ1) is 17.3. The molecule has 0 aliphatic heterocycles. The van der Waals surface area contributed by atoms with Gasteiger partial charge in [-0.2, -0.15) is 9.46 Å². The molecule has 25 heavy (non-hydrogen) atoms. The van der Waals surface area contributed by atoms with Crippen LogP contribution >= 0.6 is 0 Å². The fourth-order valence-corrected chi connectivity index (χ4v) is 4.95. The lowest BCUT2D eigenvalue weighted by molar-refractivity contribution is -0.115. The summed E-state index contributed by atoms with van der Waals surface area (Å²) in [6, 6.07) is 9.13. The van der Waals surface area contributed by atoms with E-state index in [4.69, 9.17) is 0 Å². The van der Waals surface area contributed by atoms with Crippen molar-refractivity contribution in [1.29, 1.82) is 0 Å². The molecule has 1 atom stereocenters. The highest BCUT2D eigenvalue weighted by atomic mass is 32.2. The largest absolute Gasteiger partial charge is 0.272 e. The molecule has 0 spiro atoms. The van der Waals surface area contributed by atoms with Crippen molar-refractivity contribution < 1.29 is 9.00 Å². The summed E-state index contributed by atoms with van der Waals surface area (Å²) in [4.78, 5) is 16.2. The van der Waals surface area contributed by atoms with Gasteiger partial charge in [0.1, 0.15) is 0 Å².